The van der Waals surface area contributed by atoms with Crippen molar-refractivity contribution in [1.29, 1.82) is 0 Å². The molecule has 1 aliphatic heterocycles. The third-order valence-corrected chi connectivity index (χ3v) is 5.51. The van der Waals surface area contributed by atoms with Crippen LogP contribution < -0.4 is 5.32 Å². The van der Waals surface area contributed by atoms with Crippen molar-refractivity contribution in [3.05, 3.63) is 76.8 Å². The van der Waals surface area contributed by atoms with Gasteiger partial charge in [-0.25, -0.2) is 0 Å². The summed E-state index contributed by atoms with van der Waals surface area (Å²) in [6.07, 6.45) is 1.80. The van der Waals surface area contributed by atoms with E-state index in [1.165, 1.54) is 0 Å². The van der Waals surface area contributed by atoms with E-state index in [1.54, 1.807) is 6.20 Å². The minimum Gasteiger partial charge on any atom is -0.459 e. The number of furan rings is 1. The first-order chi connectivity index (χ1) is 13.1. The van der Waals surface area contributed by atoms with E-state index in [1.807, 2.05) is 48.5 Å². The number of pyridine rings is 1. The molecule has 0 aliphatic carbocycles. The molecule has 0 radical (unpaired) electrons. The van der Waals surface area contributed by atoms with Gasteiger partial charge in [0.15, 0.2) is 5.11 Å². The van der Waals surface area contributed by atoms with Gasteiger partial charge in [0.1, 0.15) is 17.6 Å². The van der Waals surface area contributed by atoms with Crippen LogP contribution in [0.25, 0.3) is 11.3 Å². The van der Waals surface area contributed by atoms with Crippen LogP contribution in [-0.2, 0) is 0 Å². The molecule has 0 spiro atoms. The summed E-state index contributed by atoms with van der Waals surface area (Å²) in [5.74, 6) is 1.66. The third kappa shape index (κ3) is 3.33. The normalized spacial score (nSPS) is 19.4. The summed E-state index contributed by atoms with van der Waals surface area (Å²) >= 11 is 11.7. The zero-order valence-corrected chi connectivity index (χ0v) is 16.7. The van der Waals surface area contributed by atoms with E-state index in [9.17, 15) is 0 Å². The molecule has 4 nitrogen and oxygen atoms in total. The highest BCUT2D eigenvalue weighted by molar-refractivity contribution is 7.80. The summed E-state index contributed by atoms with van der Waals surface area (Å²) in [5.41, 5.74) is 3.06. The number of aromatic nitrogens is 1. The summed E-state index contributed by atoms with van der Waals surface area (Å²) in [6.45, 7) is 4.92. The highest BCUT2D eigenvalue weighted by Crippen LogP contribution is 2.40. The number of hydrogen-bond acceptors (Lipinski definition) is 3. The van der Waals surface area contributed by atoms with Crippen LogP contribution in [0.1, 0.15) is 36.0 Å². The largest absolute Gasteiger partial charge is 0.459 e. The Hall–Kier alpha value is -2.37. The van der Waals surface area contributed by atoms with E-state index in [-0.39, 0.29) is 12.1 Å². The van der Waals surface area contributed by atoms with Crippen molar-refractivity contribution in [2.45, 2.75) is 25.9 Å². The van der Waals surface area contributed by atoms with Gasteiger partial charge in [0, 0.05) is 23.3 Å². The number of nitrogens with zero attached hydrogens (tertiary/aromatic N) is 2. The second kappa shape index (κ2) is 7.33. The highest BCUT2D eigenvalue weighted by atomic mass is 35.5. The average molecular weight is 398 g/mol. The van der Waals surface area contributed by atoms with Gasteiger partial charge in [0.05, 0.1) is 11.7 Å². The molecule has 1 N–H and O–H groups in total. The summed E-state index contributed by atoms with van der Waals surface area (Å²) in [4.78, 5) is 6.66. The molecule has 2 unspecified atom stereocenters. The van der Waals surface area contributed by atoms with Gasteiger partial charge in [0.2, 0.25) is 0 Å². The Morgan fingerprint density at radius 2 is 2.07 bits per heavy atom. The Morgan fingerprint density at radius 3 is 2.81 bits per heavy atom. The van der Waals surface area contributed by atoms with E-state index in [0.717, 1.165) is 40.0 Å². The second-order valence-electron chi connectivity index (χ2n) is 6.57. The lowest BCUT2D eigenvalue weighted by atomic mass is 10.0. The average Bonchev–Trinajstić information content (AvgIpc) is 3.28. The lowest BCUT2D eigenvalue weighted by molar-refractivity contribution is 0.284. The van der Waals surface area contributed by atoms with Gasteiger partial charge in [-0.1, -0.05) is 23.7 Å². The standard InChI is InChI=1S/C21H20ClN3OS/c1-3-25-20(19(24-21(25)27)16-6-4-5-11-23-16)18-10-9-17(26-18)15-12-14(22)8-7-13(15)2/h4-12,19-20H,3H2,1-2H3,(H,24,27). The predicted octanol–water partition coefficient (Wildman–Crippen LogP) is 5.30. The maximum Gasteiger partial charge on any atom is 0.170 e. The fourth-order valence-corrected chi connectivity index (χ4v) is 4.11. The summed E-state index contributed by atoms with van der Waals surface area (Å²) in [6, 6.07) is 15.7. The molecule has 0 amide bonds. The molecule has 1 aliphatic rings. The van der Waals surface area contributed by atoms with Crippen LogP contribution in [0.4, 0.5) is 0 Å². The molecule has 0 saturated carbocycles. The molecular weight excluding hydrogens is 378 g/mol. The smallest absolute Gasteiger partial charge is 0.170 e. The monoisotopic (exact) mass is 397 g/mol. The van der Waals surface area contributed by atoms with Gasteiger partial charge in [-0.2, -0.15) is 0 Å². The van der Waals surface area contributed by atoms with Gasteiger partial charge in [-0.05, 0) is 68.0 Å². The van der Waals surface area contributed by atoms with Crippen molar-refractivity contribution in [3.63, 3.8) is 0 Å². The Labute approximate surface area is 169 Å². The van der Waals surface area contributed by atoms with Gasteiger partial charge in [-0.15, -0.1) is 0 Å². The summed E-state index contributed by atoms with van der Waals surface area (Å²) in [7, 11) is 0. The zero-order chi connectivity index (χ0) is 19.0. The fourth-order valence-electron chi connectivity index (χ4n) is 3.57. The van der Waals surface area contributed by atoms with Crippen LogP contribution in [-0.4, -0.2) is 21.5 Å². The maximum absolute atomic E-state index is 6.29. The first-order valence-corrected chi connectivity index (χ1v) is 9.71. The van der Waals surface area contributed by atoms with Crippen molar-refractivity contribution < 1.29 is 4.42 Å². The Balaban J connectivity index is 1.75. The number of benzene rings is 1. The molecule has 27 heavy (non-hydrogen) atoms. The van der Waals surface area contributed by atoms with Gasteiger partial charge in [0.25, 0.3) is 0 Å². The van der Waals surface area contributed by atoms with Crippen LogP contribution >= 0.6 is 23.8 Å². The maximum atomic E-state index is 6.29. The lowest BCUT2D eigenvalue weighted by Gasteiger charge is -2.24. The number of rotatable bonds is 4. The number of hydrogen-bond donors (Lipinski definition) is 1. The molecular formula is C21H20ClN3OS. The predicted molar refractivity (Wildman–Crippen MR) is 112 cm³/mol. The van der Waals surface area contributed by atoms with Crippen LogP contribution in [0.2, 0.25) is 5.02 Å². The first-order valence-electron chi connectivity index (χ1n) is 8.93. The SMILES string of the molecule is CCN1C(=S)NC(c2ccccn2)C1c1ccc(-c2cc(Cl)ccc2C)o1. The molecule has 2 atom stereocenters. The van der Waals surface area contributed by atoms with Gasteiger partial charge in [-0.3, -0.25) is 4.98 Å². The molecule has 0 bridgehead atoms. The number of thiocarbonyl (C=S) groups is 1. The van der Waals surface area contributed by atoms with Crippen molar-refractivity contribution in [1.82, 2.24) is 15.2 Å². The van der Waals surface area contributed by atoms with Crippen molar-refractivity contribution in [2.75, 3.05) is 6.54 Å². The van der Waals surface area contributed by atoms with E-state index >= 15 is 0 Å². The molecule has 1 saturated heterocycles. The second-order valence-corrected chi connectivity index (χ2v) is 7.40. The summed E-state index contributed by atoms with van der Waals surface area (Å²) < 4.78 is 6.29. The van der Waals surface area contributed by atoms with E-state index in [2.05, 4.69) is 29.0 Å². The van der Waals surface area contributed by atoms with Crippen molar-refractivity contribution in [2.24, 2.45) is 0 Å². The van der Waals surface area contributed by atoms with Gasteiger partial charge >= 0.3 is 0 Å². The van der Waals surface area contributed by atoms with Gasteiger partial charge < -0.3 is 14.6 Å². The Morgan fingerprint density at radius 1 is 1.22 bits per heavy atom. The minimum absolute atomic E-state index is 0.0503. The van der Waals surface area contributed by atoms with Crippen molar-refractivity contribution >= 4 is 28.9 Å². The summed E-state index contributed by atoms with van der Waals surface area (Å²) in [5, 5.41) is 4.81. The topological polar surface area (TPSA) is 41.3 Å². The molecule has 1 fully saturated rings. The molecule has 6 heteroatoms. The van der Waals surface area contributed by atoms with Crippen LogP contribution in [0.5, 0.6) is 0 Å². The number of halogens is 1. The van der Waals surface area contributed by atoms with E-state index in [0.29, 0.717) is 5.02 Å². The Bertz CT molecular complexity index is 973. The minimum atomic E-state index is -0.0573. The lowest BCUT2D eigenvalue weighted by Crippen LogP contribution is -2.29. The molecule has 1 aromatic carbocycles. The van der Waals surface area contributed by atoms with Crippen LogP contribution in [0.3, 0.4) is 0 Å². The number of nitrogens with one attached hydrogen (secondary N) is 1. The molecule has 4 rings (SSSR count). The molecule has 3 aromatic rings. The highest BCUT2D eigenvalue weighted by Gasteiger charge is 2.40. The van der Waals surface area contributed by atoms with E-state index in [4.69, 9.17) is 28.2 Å². The first kappa shape index (κ1) is 18.0. The number of aryl methyl sites for hydroxylation is 1. The Kier molecular flexibility index (Phi) is 4.89. The fraction of sp³-hybridized carbons (Fsp3) is 0.238. The molecule has 138 valence electrons. The van der Waals surface area contributed by atoms with Crippen LogP contribution in [0.15, 0.2) is 59.1 Å². The van der Waals surface area contributed by atoms with Crippen molar-refractivity contribution in [3.8, 4) is 11.3 Å². The van der Waals surface area contributed by atoms with Crippen LogP contribution in [0, 0.1) is 6.92 Å². The number of likely N-dealkylation sites (N-methyl/N-ethyl adjacent to an activating group) is 1. The molecule has 2 aromatic heterocycles. The quantitative estimate of drug-likeness (QED) is 0.605. The third-order valence-electron chi connectivity index (χ3n) is 4.92. The van der Waals surface area contributed by atoms with E-state index < -0.39 is 0 Å². The molecule has 3 heterocycles. The zero-order valence-electron chi connectivity index (χ0n) is 15.1.